The number of carboxylic acids is 1. The summed E-state index contributed by atoms with van der Waals surface area (Å²) in [6, 6.07) is 5.44. The van der Waals surface area contributed by atoms with E-state index in [4.69, 9.17) is 9.84 Å². The van der Waals surface area contributed by atoms with Gasteiger partial charge in [-0.05, 0) is 11.6 Å². The van der Waals surface area contributed by atoms with Gasteiger partial charge in [-0.1, -0.05) is 18.2 Å². The van der Waals surface area contributed by atoms with Gasteiger partial charge in [-0.15, -0.1) is 0 Å². The molecule has 7 heteroatoms. The standard InChI is InChI=1S/C14H16F3NO3/c15-14(16,17)12-4-2-1-3-10(12)8-18-5-6-21-11(9-18)7-13(19)20/h1-4,11H,5-9H2,(H,19,20). The van der Waals surface area contributed by atoms with Crippen molar-refractivity contribution >= 4 is 5.97 Å². The van der Waals surface area contributed by atoms with Gasteiger partial charge in [-0.3, -0.25) is 9.69 Å². The van der Waals surface area contributed by atoms with E-state index < -0.39 is 23.8 Å². The Kier molecular flexibility index (Phi) is 4.84. The molecule has 0 aliphatic carbocycles. The van der Waals surface area contributed by atoms with E-state index in [0.717, 1.165) is 6.07 Å². The van der Waals surface area contributed by atoms with Crippen molar-refractivity contribution in [2.75, 3.05) is 19.7 Å². The van der Waals surface area contributed by atoms with Gasteiger partial charge in [0.15, 0.2) is 0 Å². The molecule has 2 rings (SSSR count). The molecule has 0 bridgehead atoms. The van der Waals surface area contributed by atoms with Crippen LogP contribution in [0.5, 0.6) is 0 Å². The third kappa shape index (κ3) is 4.44. The summed E-state index contributed by atoms with van der Waals surface area (Å²) in [6.45, 7) is 1.27. The summed E-state index contributed by atoms with van der Waals surface area (Å²) in [4.78, 5) is 12.5. The van der Waals surface area contributed by atoms with Gasteiger partial charge in [0.1, 0.15) is 0 Å². The summed E-state index contributed by atoms with van der Waals surface area (Å²) in [5.74, 6) is -0.974. The van der Waals surface area contributed by atoms with Crippen molar-refractivity contribution in [2.24, 2.45) is 0 Å². The predicted octanol–water partition coefficient (Wildman–Crippen LogP) is 2.38. The van der Waals surface area contributed by atoms with E-state index in [-0.39, 0.29) is 18.5 Å². The van der Waals surface area contributed by atoms with Crippen molar-refractivity contribution in [3.8, 4) is 0 Å². The number of rotatable bonds is 4. The number of benzene rings is 1. The molecular weight excluding hydrogens is 287 g/mol. The number of hydrogen-bond acceptors (Lipinski definition) is 3. The lowest BCUT2D eigenvalue weighted by Gasteiger charge is -2.32. The van der Waals surface area contributed by atoms with E-state index in [1.807, 2.05) is 0 Å². The maximum absolute atomic E-state index is 12.9. The molecule has 4 nitrogen and oxygen atoms in total. The summed E-state index contributed by atoms with van der Waals surface area (Å²) in [5, 5.41) is 8.75. The van der Waals surface area contributed by atoms with E-state index in [2.05, 4.69) is 0 Å². The van der Waals surface area contributed by atoms with Gasteiger partial charge < -0.3 is 9.84 Å². The van der Waals surface area contributed by atoms with Crippen molar-refractivity contribution in [2.45, 2.75) is 25.2 Å². The molecule has 0 amide bonds. The molecule has 1 aromatic carbocycles. The molecule has 0 aromatic heterocycles. The highest BCUT2D eigenvalue weighted by molar-refractivity contribution is 5.67. The molecule has 1 atom stereocenters. The smallest absolute Gasteiger partial charge is 0.416 e. The zero-order valence-electron chi connectivity index (χ0n) is 11.3. The first-order chi connectivity index (χ1) is 9.86. The number of morpholine rings is 1. The second-order valence-electron chi connectivity index (χ2n) is 4.98. The van der Waals surface area contributed by atoms with E-state index in [9.17, 15) is 18.0 Å². The quantitative estimate of drug-likeness (QED) is 0.928. The Labute approximate surface area is 120 Å². The molecule has 0 saturated carbocycles. The van der Waals surface area contributed by atoms with Crippen LogP contribution in [0.15, 0.2) is 24.3 Å². The maximum Gasteiger partial charge on any atom is 0.416 e. The fraction of sp³-hybridized carbons (Fsp3) is 0.500. The minimum absolute atomic E-state index is 0.134. The lowest BCUT2D eigenvalue weighted by atomic mass is 10.1. The van der Waals surface area contributed by atoms with Crippen molar-refractivity contribution < 1.29 is 27.8 Å². The molecule has 1 aliphatic rings. The Morgan fingerprint density at radius 1 is 1.38 bits per heavy atom. The molecule has 1 fully saturated rings. The Morgan fingerprint density at radius 2 is 2.10 bits per heavy atom. The number of nitrogens with zero attached hydrogens (tertiary/aromatic N) is 1. The van der Waals surface area contributed by atoms with Crippen LogP contribution in [0.1, 0.15) is 17.5 Å². The van der Waals surface area contributed by atoms with Gasteiger partial charge in [-0.2, -0.15) is 13.2 Å². The number of alkyl halides is 3. The second-order valence-corrected chi connectivity index (χ2v) is 4.98. The van der Waals surface area contributed by atoms with Crippen molar-refractivity contribution in [1.82, 2.24) is 4.90 Å². The summed E-state index contributed by atoms with van der Waals surface area (Å²) in [6.07, 6.45) is -5.00. The lowest BCUT2D eigenvalue weighted by molar-refractivity contribution is -0.142. The number of halogens is 3. The van der Waals surface area contributed by atoms with Crippen LogP contribution in [0.25, 0.3) is 0 Å². The summed E-state index contributed by atoms with van der Waals surface area (Å²) >= 11 is 0. The van der Waals surface area contributed by atoms with Gasteiger partial charge in [0.2, 0.25) is 0 Å². The Balaban J connectivity index is 2.06. The zero-order valence-corrected chi connectivity index (χ0v) is 11.3. The van der Waals surface area contributed by atoms with Crippen LogP contribution < -0.4 is 0 Å². The first-order valence-corrected chi connectivity index (χ1v) is 6.57. The highest BCUT2D eigenvalue weighted by Crippen LogP contribution is 2.32. The van der Waals surface area contributed by atoms with Crippen molar-refractivity contribution in [3.63, 3.8) is 0 Å². The van der Waals surface area contributed by atoms with E-state index in [1.54, 1.807) is 11.0 Å². The molecule has 1 heterocycles. The van der Waals surface area contributed by atoms with Crippen LogP contribution in [0.4, 0.5) is 13.2 Å². The summed E-state index contributed by atoms with van der Waals surface area (Å²) in [5.41, 5.74) is -0.452. The van der Waals surface area contributed by atoms with E-state index in [0.29, 0.717) is 19.7 Å². The number of ether oxygens (including phenoxy) is 1. The van der Waals surface area contributed by atoms with E-state index >= 15 is 0 Å². The van der Waals surface area contributed by atoms with Crippen LogP contribution in [-0.4, -0.2) is 41.8 Å². The topological polar surface area (TPSA) is 49.8 Å². The molecule has 0 radical (unpaired) electrons. The third-order valence-corrected chi connectivity index (χ3v) is 3.34. The van der Waals surface area contributed by atoms with Crippen LogP contribution in [0, 0.1) is 0 Å². The highest BCUT2D eigenvalue weighted by atomic mass is 19.4. The number of hydrogen-bond donors (Lipinski definition) is 1. The fourth-order valence-corrected chi connectivity index (χ4v) is 2.42. The minimum Gasteiger partial charge on any atom is -0.481 e. The number of carboxylic acid groups (broad SMARTS) is 1. The first-order valence-electron chi connectivity index (χ1n) is 6.57. The average Bonchev–Trinajstić information content (AvgIpc) is 2.37. The maximum atomic E-state index is 12.9. The van der Waals surface area contributed by atoms with Crippen LogP contribution >= 0.6 is 0 Å². The molecule has 21 heavy (non-hydrogen) atoms. The number of carbonyl (C=O) groups is 1. The van der Waals surface area contributed by atoms with Gasteiger partial charge in [-0.25, -0.2) is 0 Å². The molecule has 1 saturated heterocycles. The van der Waals surface area contributed by atoms with Gasteiger partial charge in [0.25, 0.3) is 0 Å². The van der Waals surface area contributed by atoms with Crippen LogP contribution in [0.2, 0.25) is 0 Å². The normalized spacial score (nSPS) is 20.4. The van der Waals surface area contributed by atoms with Gasteiger partial charge in [0.05, 0.1) is 24.7 Å². The zero-order chi connectivity index (χ0) is 15.5. The average molecular weight is 303 g/mol. The first kappa shape index (κ1) is 15.8. The van der Waals surface area contributed by atoms with Gasteiger partial charge in [0, 0.05) is 19.6 Å². The predicted molar refractivity (Wildman–Crippen MR) is 68.7 cm³/mol. The molecule has 1 unspecified atom stereocenters. The molecule has 1 aromatic rings. The van der Waals surface area contributed by atoms with Crippen LogP contribution in [0.3, 0.4) is 0 Å². The summed E-state index contributed by atoms with van der Waals surface area (Å²) in [7, 11) is 0. The van der Waals surface area contributed by atoms with Crippen molar-refractivity contribution in [1.29, 1.82) is 0 Å². The Morgan fingerprint density at radius 3 is 2.76 bits per heavy atom. The monoisotopic (exact) mass is 303 g/mol. The molecule has 116 valence electrons. The SMILES string of the molecule is O=C(O)CC1CN(Cc2ccccc2C(F)(F)F)CCO1. The number of aliphatic carboxylic acids is 1. The molecule has 0 spiro atoms. The van der Waals surface area contributed by atoms with Gasteiger partial charge >= 0.3 is 12.1 Å². The fourth-order valence-electron chi connectivity index (χ4n) is 2.42. The van der Waals surface area contributed by atoms with Crippen LogP contribution in [-0.2, 0) is 22.3 Å². The summed E-state index contributed by atoms with van der Waals surface area (Å²) < 4.78 is 44.1. The highest BCUT2D eigenvalue weighted by Gasteiger charge is 2.33. The Hall–Kier alpha value is -1.60. The van der Waals surface area contributed by atoms with Crippen molar-refractivity contribution in [3.05, 3.63) is 35.4 Å². The molecule has 1 aliphatic heterocycles. The second kappa shape index (κ2) is 6.44. The Bertz CT molecular complexity index is 504. The molecular formula is C14H16F3NO3. The minimum atomic E-state index is -4.39. The van der Waals surface area contributed by atoms with E-state index in [1.165, 1.54) is 12.1 Å². The lowest BCUT2D eigenvalue weighted by Crippen LogP contribution is -2.43. The largest absolute Gasteiger partial charge is 0.481 e. The third-order valence-electron chi connectivity index (χ3n) is 3.34. The molecule has 1 N–H and O–H groups in total.